The summed E-state index contributed by atoms with van der Waals surface area (Å²) in [4.78, 5) is 26.2. The first kappa shape index (κ1) is 18.7. The number of ether oxygens (including phenoxy) is 1. The third-order valence-corrected chi connectivity index (χ3v) is 5.53. The maximum atomic E-state index is 12.8. The summed E-state index contributed by atoms with van der Waals surface area (Å²) >= 11 is 0. The largest absolute Gasteiger partial charge is 0.491 e. The fraction of sp³-hybridized carbons (Fsp3) is 0.600. The van der Waals surface area contributed by atoms with Crippen LogP contribution in [0.2, 0.25) is 0 Å². The first-order chi connectivity index (χ1) is 12.3. The van der Waals surface area contributed by atoms with Crippen LogP contribution in [0.25, 0.3) is 0 Å². The number of nitrogens with one attached hydrogen (secondary N) is 1. The number of hydrogen-bond donors (Lipinski definition) is 2. The molecular formula is C20H28N2O4. The Hall–Kier alpha value is -2.08. The lowest BCUT2D eigenvalue weighted by atomic mass is 9.77. The van der Waals surface area contributed by atoms with E-state index in [0.717, 1.165) is 28.9 Å². The second-order valence-electron chi connectivity index (χ2n) is 7.84. The van der Waals surface area contributed by atoms with E-state index in [1.54, 1.807) is 0 Å². The van der Waals surface area contributed by atoms with Gasteiger partial charge in [0.1, 0.15) is 24.0 Å². The van der Waals surface area contributed by atoms with E-state index >= 15 is 0 Å². The average Bonchev–Trinajstić information content (AvgIpc) is 2.81. The van der Waals surface area contributed by atoms with Crippen molar-refractivity contribution < 1.29 is 19.4 Å². The lowest BCUT2D eigenvalue weighted by Crippen LogP contribution is -2.49. The van der Waals surface area contributed by atoms with E-state index in [2.05, 4.69) is 12.2 Å². The predicted molar refractivity (Wildman–Crippen MR) is 98.0 cm³/mol. The maximum absolute atomic E-state index is 12.8. The van der Waals surface area contributed by atoms with Crippen LogP contribution in [0.15, 0.2) is 18.2 Å². The number of imide groups is 1. The fourth-order valence-corrected chi connectivity index (χ4v) is 3.85. The molecule has 1 aliphatic carbocycles. The number of benzene rings is 1. The van der Waals surface area contributed by atoms with Gasteiger partial charge >= 0.3 is 6.03 Å². The molecule has 1 atom stereocenters. The van der Waals surface area contributed by atoms with Gasteiger partial charge in [0, 0.05) is 0 Å². The van der Waals surface area contributed by atoms with Gasteiger partial charge in [-0.25, -0.2) is 4.79 Å². The van der Waals surface area contributed by atoms with Gasteiger partial charge in [-0.2, -0.15) is 0 Å². The van der Waals surface area contributed by atoms with Gasteiger partial charge in [-0.05, 0) is 57.1 Å². The van der Waals surface area contributed by atoms with Crippen molar-refractivity contribution in [3.8, 4) is 5.75 Å². The summed E-state index contributed by atoms with van der Waals surface area (Å²) < 4.78 is 5.67. The van der Waals surface area contributed by atoms with Crippen LogP contribution in [0.3, 0.4) is 0 Å². The Morgan fingerprint density at radius 3 is 2.65 bits per heavy atom. The van der Waals surface area contributed by atoms with Gasteiger partial charge < -0.3 is 15.2 Å². The zero-order valence-corrected chi connectivity index (χ0v) is 15.7. The molecule has 0 bridgehead atoms. The highest BCUT2D eigenvalue weighted by Gasteiger charge is 2.52. The lowest BCUT2D eigenvalue weighted by molar-refractivity contribution is -0.133. The molecule has 26 heavy (non-hydrogen) atoms. The van der Waals surface area contributed by atoms with E-state index in [1.165, 1.54) is 0 Å². The topological polar surface area (TPSA) is 78.9 Å². The zero-order chi connectivity index (χ0) is 18.9. The molecule has 2 aliphatic rings. The van der Waals surface area contributed by atoms with Crippen molar-refractivity contribution in [1.29, 1.82) is 0 Å². The number of urea groups is 1. The normalized spacial score (nSPS) is 26.9. The molecule has 1 heterocycles. The minimum Gasteiger partial charge on any atom is -0.491 e. The molecule has 1 saturated heterocycles. The molecule has 1 saturated carbocycles. The molecule has 6 heteroatoms. The Kier molecular flexibility index (Phi) is 5.23. The fourth-order valence-electron chi connectivity index (χ4n) is 3.85. The Morgan fingerprint density at radius 1 is 1.31 bits per heavy atom. The van der Waals surface area contributed by atoms with E-state index in [9.17, 15) is 14.7 Å². The average molecular weight is 360 g/mol. The van der Waals surface area contributed by atoms with Crippen molar-refractivity contribution in [2.75, 3.05) is 13.2 Å². The van der Waals surface area contributed by atoms with Crippen molar-refractivity contribution in [2.24, 2.45) is 5.92 Å². The number of carbonyl (C=O) groups excluding carboxylic acids is 2. The minimum atomic E-state index is -0.928. The number of aliphatic hydroxyl groups is 1. The molecule has 1 unspecified atom stereocenters. The minimum absolute atomic E-state index is 0.0327. The van der Waals surface area contributed by atoms with Crippen LogP contribution >= 0.6 is 0 Å². The number of β-amino-alcohol motifs (C(OH)–C–C–N with tert-alkyl or cyclic N) is 1. The number of carbonyl (C=O) groups is 2. The van der Waals surface area contributed by atoms with Gasteiger partial charge in [0.2, 0.25) is 0 Å². The van der Waals surface area contributed by atoms with E-state index < -0.39 is 17.7 Å². The quantitative estimate of drug-likeness (QED) is 0.791. The molecule has 1 spiro atoms. The highest BCUT2D eigenvalue weighted by Crippen LogP contribution is 2.36. The van der Waals surface area contributed by atoms with Gasteiger partial charge in [0.25, 0.3) is 5.91 Å². The summed E-state index contributed by atoms with van der Waals surface area (Å²) in [6, 6.07) is 5.41. The second-order valence-corrected chi connectivity index (χ2v) is 7.84. The number of amides is 3. The van der Waals surface area contributed by atoms with Crippen LogP contribution in [0.1, 0.15) is 43.7 Å². The molecule has 1 aromatic carbocycles. The molecular weight excluding hydrogens is 332 g/mol. The van der Waals surface area contributed by atoms with Crippen molar-refractivity contribution in [3.63, 3.8) is 0 Å². The molecule has 6 nitrogen and oxygen atoms in total. The van der Waals surface area contributed by atoms with Crippen molar-refractivity contribution >= 4 is 11.9 Å². The van der Waals surface area contributed by atoms with Gasteiger partial charge in [-0.3, -0.25) is 9.69 Å². The number of aliphatic hydroxyl groups excluding tert-OH is 1. The predicted octanol–water partition coefficient (Wildman–Crippen LogP) is 2.54. The van der Waals surface area contributed by atoms with Crippen LogP contribution < -0.4 is 10.1 Å². The smallest absolute Gasteiger partial charge is 0.325 e. The molecule has 2 N–H and O–H groups in total. The maximum Gasteiger partial charge on any atom is 0.325 e. The highest BCUT2D eigenvalue weighted by molar-refractivity contribution is 6.07. The summed E-state index contributed by atoms with van der Waals surface area (Å²) in [5, 5.41) is 13.2. The van der Waals surface area contributed by atoms with Crippen LogP contribution in [0, 0.1) is 19.8 Å². The van der Waals surface area contributed by atoms with E-state index in [0.29, 0.717) is 24.5 Å². The number of hydrogen-bond acceptors (Lipinski definition) is 4. The van der Waals surface area contributed by atoms with Gasteiger partial charge in [0.05, 0.1) is 6.54 Å². The van der Waals surface area contributed by atoms with E-state index in [-0.39, 0.29) is 19.1 Å². The molecule has 0 radical (unpaired) electrons. The lowest BCUT2D eigenvalue weighted by Gasteiger charge is -2.33. The molecule has 1 aliphatic heterocycles. The Labute approximate surface area is 154 Å². The standard InChI is InChI=1S/C20H28N2O4/c1-13-6-8-20(9-7-13)18(24)22(19(25)21-20)11-16(23)12-26-17-5-4-14(2)10-15(17)3/h4-5,10,13,16,23H,6-9,11-12H2,1-3H3,(H,21,25). The number of rotatable bonds is 5. The first-order valence-electron chi connectivity index (χ1n) is 9.33. The Morgan fingerprint density at radius 2 is 2.00 bits per heavy atom. The second kappa shape index (κ2) is 7.27. The number of aryl methyl sites for hydroxylation is 2. The Bertz CT molecular complexity index is 695. The molecule has 2 fully saturated rings. The van der Waals surface area contributed by atoms with Crippen LogP contribution in [0.5, 0.6) is 5.75 Å². The van der Waals surface area contributed by atoms with Gasteiger partial charge in [-0.1, -0.05) is 24.6 Å². The van der Waals surface area contributed by atoms with Crippen molar-refractivity contribution in [3.05, 3.63) is 29.3 Å². The van der Waals surface area contributed by atoms with Crippen molar-refractivity contribution in [1.82, 2.24) is 10.2 Å². The molecule has 142 valence electrons. The molecule has 3 rings (SSSR count). The third kappa shape index (κ3) is 3.70. The summed E-state index contributed by atoms with van der Waals surface area (Å²) in [5.41, 5.74) is 1.36. The summed E-state index contributed by atoms with van der Waals surface area (Å²) in [5.74, 6) is 1.07. The van der Waals surface area contributed by atoms with E-state index in [1.807, 2.05) is 32.0 Å². The molecule has 3 amide bonds. The monoisotopic (exact) mass is 360 g/mol. The van der Waals surface area contributed by atoms with Crippen LogP contribution in [-0.4, -0.2) is 46.7 Å². The van der Waals surface area contributed by atoms with Gasteiger partial charge in [-0.15, -0.1) is 0 Å². The van der Waals surface area contributed by atoms with Crippen LogP contribution in [-0.2, 0) is 4.79 Å². The van der Waals surface area contributed by atoms with Gasteiger partial charge in [0.15, 0.2) is 0 Å². The SMILES string of the molecule is Cc1ccc(OCC(O)CN2C(=O)NC3(CCC(C)CC3)C2=O)c(C)c1. The summed E-state index contributed by atoms with van der Waals surface area (Å²) in [7, 11) is 0. The first-order valence-corrected chi connectivity index (χ1v) is 9.33. The van der Waals surface area contributed by atoms with Crippen molar-refractivity contribution in [2.45, 2.75) is 58.1 Å². The zero-order valence-electron chi connectivity index (χ0n) is 15.7. The third-order valence-electron chi connectivity index (χ3n) is 5.53. The van der Waals surface area contributed by atoms with E-state index in [4.69, 9.17) is 4.74 Å². The molecule has 1 aromatic rings. The molecule has 0 aromatic heterocycles. The number of nitrogens with zero attached hydrogens (tertiary/aromatic N) is 1. The van der Waals surface area contributed by atoms with Crippen LogP contribution in [0.4, 0.5) is 4.79 Å². The highest BCUT2D eigenvalue weighted by atomic mass is 16.5. The summed E-state index contributed by atoms with van der Waals surface area (Å²) in [6.45, 7) is 6.10. The summed E-state index contributed by atoms with van der Waals surface area (Å²) in [6.07, 6.45) is 2.27. The Balaban J connectivity index is 1.58.